The van der Waals surface area contributed by atoms with Gasteiger partial charge >= 0.3 is 0 Å². The van der Waals surface area contributed by atoms with E-state index < -0.39 is 0 Å². The Morgan fingerprint density at radius 1 is 1.26 bits per heavy atom. The molecule has 0 bridgehead atoms. The molecule has 3 aromatic rings. The predicted octanol–water partition coefficient (Wildman–Crippen LogP) is 4.25. The van der Waals surface area contributed by atoms with Crippen LogP contribution >= 0.6 is 11.3 Å². The molecule has 1 aromatic carbocycles. The van der Waals surface area contributed by atoms with Gasteiger partial charge in [0.1, 0.15) is 5.75 Å². The maximum Gasteiger partial charge on any atom is 0.227 e. The summed E-state index contributed by atoms with van der Waals surface area (Å²) in [4.78, 5) is 17.7. The summed E-state index contributed by atoms with van der Waals surface area (Å²) in [7, 11) is 1.64. The third kappa shape index (κ3) is 4.95. The minimum absolute atomic E-state index is 0.0413. The second-order valence-electron chi connectivity index (χ2n) is 6.55. The summed E-state index contributed by atoms with van der Waals surface area (Å²) in [6, 6.07) is 11.6. The first-order valence-electron chi connectivity index (χ1n) is 8.86. The fraction of sp³-hybridized carbons (Fsp3) is 0.350. The van der Waals surface area contributed by atoms with Gasteiger partial charge in [0.05, 0.1) is 18.0 Å². The number of hydrogen-bond acceptors (Lipinski definition) is 6. The summed E-state index contributed by atoms with van der Waals surface area (Å²) >= 11 is 1.55. The second kappa shape index (κ2) is 8.81. The van der Waals surface area contributed by atoms with Crippen LogP contribution in [0.25, 0.3) is 10.7 Å². The Morgan fingerprint density at radius 2 is 2.04 bits per heavy atom. The van der Waals surface area contributed by atoms with E-state index in [0.29, 0.717) is 24.6 Å². The fourth-order valence-electron chi connectivity index (χ4n) is 2.77. The Bertz CT molecular complexity index is 857. The monoisotopic (exact) mass is 385 g/mol. The Hall–Kier alpha value is -2.67. The zero-order valence-electron chi connectivity index (χ0n) is 15.6. The molecule has 1 amide bonds. The first kappa shape index (κ1) is 19.1. The number of methoxy groups -OCH3 is 1. The summed E-state index contributed by atoms with van der Waals surface area (Å²) in [5, 5.41) is 9.04. The highest BCUT2D eigenvalue weighted by Crippen LogP contribution is 2.24. The molecule has 6 nitrogen and oxygen atoms in total. The number of thiophene rings is 1. The van der Waals surface area contributed by atoms with Crippen LogP contribution in [0.15, 0.2) is 46.3 Å². The highest BCUT2D eigenvalue weighted by atomic mass is 32.1. The van der Waals surface area contributed by atoms with Crippen LogP contribution in [-0.4, -0.2) is 23.2 Å². The number of carbonyl (C=O) groups excluding carboxylic acids is 1. The zero-order valence-corrected chi connectivity index (χ0v) is 16.5. The molecule has 0 aliphatic carbocycles. The molecule has 0 saturated heterocycles. The van der Waals surface area contributed by atoms with Gasteiger partial charge in [-0.1, -0.05) is 37.2 Å². The van der Waals surface area contributed by atoms with Crippen molar-refractivity contribution in [2.45, 2.75) is 32.7 Å². The first-order chi connectivity index (χ1) is 13.1. The average molecular weight is 385 g/mol. The van der Waals surface area contributed by atoms with E-state index in [4.69, 9.17) is 9.26 Å². The van der Waals surface area contributed by atoms with Gasteiger partial charge in [0.25, 0.3) is 0 Å². The maximum atomic E-state index is 12.4. The number of nitrogens with zero attached hydrogens (tertiary/aromatic N) is 2. The Kier molecular flexibility index (Phi) is 6.24. The Labute approximate surface area is 162 Å². The SMILES string of the molecule is COc1ccc(C(NC(=O)CCc2nc(-c3cccs3)no2)C(C)C)cc1. The number of nitrogens with one attached hydrogen (secondary N) is 1. The minimum atomic E-state index is -0.0622. The van der Waals surface area contributed by atoms with Gasteiger partial charge < -0.3 is 14.6 Å². The third-order valence-electron chi connectivity index (χ3n) is 4.23. The summed E-state index contributed by atoms with van der Waals surface area (Å²) in [6.07, 6.45) is 0.711. The van der Waals surface area contributed by atoms with E-state index in [9.17, 15) is 4.79 Å². The van der Waals surface area contributed by atoms with Crippen molar-refractivity contribution in [1.29, 1.82) is 0 Å². The molecule has 1 atom stereocenters. The second-order valence-corrected chi connectivity index (χ2v) is 7.50. The number of carbonyl (C=O) groups is 1. The number of ether oxygens (including phenoxy) is 1. The van der Waals surface area contributed by atoms with Gasteiger partial charge in [-0.05, 0) is 35.1 Å². The molecular weight excluding hydrogens is 362 g/mol. The van der Waals surface area contributed by atoms with E-state index in [1.54, 1.807) is 18.4 Å². The molecule has 0 aliphatic heterocycles. The highest BCUT2D eigenvalue weighted by Gasteiger charge is 2.19. The van der Waals surface area contributed by atoms with Crippen molar-refractivity contribution in [2.75, 3.05) is 7.11 Å². The van der Waals surface area contributed by atoms with Crippen LogP contribution in [0.2, 0.25) is 0 Å². The Morgan fingerprint density at radius 3 is 2.67 bits per heavy atom. The average Bonchev–Trinajstić information content (AvgIpc) is 3.35. The van der Waals surface area contributed by atoms with Crippen molar-refractivity contribution in [3.05, 3.63) is 53.2 Å². The van der Waals surface area contributed by atoms with Gasteiger partial charge in [-0.3, -0.25) is 4.79 Å². The summed E-state index contributed by atoms with van der Waals surface area (Å²) in [5.41, 5.74) is 1.05. The molecule has 1 N–H and O–H groups in total. The smallest absolute Gasteiger partial charge is 0.227 e. The van der Waals surface area contributed by atoms with Crippen molar-refractivity contribution >= 4 is 17.2 Å². The predicted molar refractivity (Wildman–Crippen MR) is 105 cm³/mol. The van der Waals surface area contributed by atoms with E-state index in [2.05, 4.69) is 29.3 Å². The molecule has 0 saturated carbocycles. The number of aryl methyl sites for hydroxylation is 1. The molecule has 0 fully saturated rings. The standard InChI is InChI=1S/C20H23N3O3S/c1-13(2)19(14-6-8-15(25-3)9-7-14)21-17(24)10-11-18-22-20(23-26-18)16-5-4-12-27-16/h4-9,12-13,19H,10-11H2,1-3H3,(H,21,24). The molecule has 2 heterocycles. The van der Waals surface area contributed by atoms with Crippen LogP contribution in [0, 0.1) is 5.92 Å². The number of amides is 1. The lowest BCUT2D eigenvalue weighted by molar-refractivity contribution is -0.122. The number of hydrogen-bond donors (Lipinski definition) is 1. The quantitative estimate of drug-likeness (QED) is 0.627. The van der Waals surface area contributed by atoms with Gasteiger partial charge in [-0.25, -0.2) is 0 Å². The van der Waals surface area contributed by atoms with Crippen LogP contribution in [-0.2, 0) is 11.2 Å². The number of rotatable bonds is 8. The zero-order chi connectivity index (χ0) is 19.2. The minimum Gasteiger partial charge on any atom is -0.497 e. The summed E-state index contributed by atoms with van der Waals surface area (Å²) < 4.78 is 10.4. The molecule has 27 heavy (non-hydrogen) atoms. The van der Waals surface area contributed by atoms with E-state index in [1.807, 2.05) is 41.8 Å². The topological polar surface area (TPSA) is 77.2 Å². The Balaban J connectivity index is 1.58. The van der Waals surface area contributed by atoms with Gasteiger partial charge in [-0.15, -0.1) is 11.3 Å². The van der Waals surface area contributed by atoms with Crippen LogP contribution in [0.4, 0.5) is 0 Å². The van der Waals surface area contributed by atoms with Crippen molar-refractivity contribution in [1.82, 2.24) is 15.5 Å². The van der Waals surface area contributed by atoms with Gasteiger partial charge in [0.2, 0.25) is 17.6 Å². The highest BCUT2D eigenvalue weighted by molar-refractivity contribution is 7.13. The van der Waals surface area contributed by atoms with Gasteiger partial charge in [0.15, 0.2) is 0 Å². The lowest BCUT2D eigenvalue weighted by Gasteiger charge is -2.23. The first-order valence-corrected chi connectivity index (χ1v) is 9.74. The molecule has 0 aliphatic rings. The van der Waals surface area contributed by atoms with E-state index in [1.165, 1.54) is 0 Å². The normalized spacial score (nSPS) is 12.1. The van der Waals surface area contributed by atoms with Crippen molar-refractivity contribution in [3.63, 3.8) is 0 Å². The van der Waals surface area contributed by atoms with E-state index in [-0.39, 0.29) is 17.9 Å². The lowest BCUT2D eigenvalue weighted by atomic mass is 9.95. The largest absolute Gasteiger partial charge is 0.497 e. The third-order valence-corrected chi connectivity index (χ3v) is 5.10. The van der Waals surface area contributed by atoms with Gasteiger partial charge in [-0.2, -0.15) is 4.98 Å². The molecule has 0 spiro atoms. The van der Waals surface area contributed by atoms with Crippen LogP contribution < -0.4 is 10.1 Å². The molecule has 7 heteroatoms. The van der Waals surface area contributed by atoms with Crippen molar-refractivity contribution in [2.24, 2.45) is 5.92 Å². The maximum absolute atomic E-state index is 12.4. The van der Waals surface area contributed by atoms with Crippen molar-refractivity contribution in [3.8, 4) is 16.5 Å². The summed E-state index contributed by atoms with van der Waals surface area (Å²) in [5.74, 6) is 2.06. The van der Waals surface area contributed by atoms with E-state index in [0.717, 1.165) is 16.2 Å². The number of aromatic nitrogens is 2. The molecular formula is C20H23N3O3S. The molecule has 3 rings (SSSR count). The van der Waals surface area contributed by atoms with Gasteiger partial charge in [0, 0.05) is 12.8 Å². The lowest BCUT2D eigenvalue weighted by Crippen LogP contribution is -2.31. The molecule has 2 aromatic heterocycles. The number of benzene rings is 1. The molecule has 0 radical (unpaired) electrons. The van der Waals surface area contributed by atoms with Crippen LogP contribution in [0.5, 0.6) is 5.75 Å². The molecule has 1 unspecified atom stereocenters. The summed E-state index contributed by atoms with van der Waals surface area (Å²) in [6.45, 7) is 4.17. The fourth-order valence-corrected chi connectivity index (χ4v) is 3.42. The van der Waals surface area contributed by atoms with Crippen LogP contribution in [0.3, 0.4) is 0 Å². The van der Waals surface area contributed by atoms with E-state index >= 15 is 0 Å². The van der Waals surface area contributed by atoms with Crippen LogP contribution in [0.1, 0.15) is 37.8 Å². The van der Waals surface area contributed by atoms with Crippen molar-refractivity contribution < 1.29 is 14.1 Å². The molecule has 142 valence electrons.